The van der Waals surface area contributed by atoms with E-state index in [4.69, 9.17) is 0 Å². The average molecular weight is 324 g/mol. The van der Waals surface area contributed by atoms with E-state index in [9.17, 15) is 13.2 Å². The van der Waals surface area contributed by atoms with Crippen LogP contribution in [0.5, 0.6) is 0 Å². The Hall–Kier alpha value is -0.720. The zero-order chi connectivity index (χ0) is 10.9. The molecule has 0 spiro atoms. The Morgan fingerprint density at radius 2 is 1.53 bits per heavy atom. The zero-order valence-corrected chi connectivity index (χ0v) is 9.91. The van der Waals surface area contributed by atoms with Gasteiger partial charge in [0, 0.05) is 0 Å². The van der Waals surface area contributed by atoms with Gasteiger partial charge < -0.3 is 0 Å². The first-order valence-corrected chi connectivity index (χ1v) is 6.96. The number of alkyl halides is 3. The van der Waals surface area contributed by atoms with Crippen molar-refractivity contribution in [3.63, 3.8) is 0 Å². The molecule has 2 aromatic rings. The Balaban J connectivity index is 2.33. The van der Waals surface area contributed by atoms with Gasteiger partial charge in [0.05, 0.1) is 0 Å². The molecule has 0 radical (unpaired) electrons. The number of hydrogen-bond acceptors (Lipinski definition) is 0. The standard InChI is InChI=1S/C11H7F3Te/c12-11(13,14)10-3-1-8(2-4-10)9-5-6-15-7-9/h1-7H. The summed E-state index contributed by atoms with van der Waals surface area (Å²) in [5.41, 5.74) is 1.32. The maximum absolute atomic E-state index is 12.3. The second kappa shape index (κ2) is 4.03. The van der Waals surface area contributed by atoms with Gasteiger partial charge in [-0.25, -0.2) is 0 Å². The zero-order valence-electron chi connectivity index (χ0n) is 7.58. The molecule has 0 bridgehead atoms. The second-order valence-electron chi connectivity index (χ2n) is 3.09. The van der Waals surface area contributed by atoms with E-state index in [1.165, 1.54) is 12.1 Å². The van der Waals surface area contributed by atoms with Gasteiger partial charge >= 0.3 is 95.0 Å². The first-order valence-electron chi connectivity index (χ1n) is 4.27. The first kappa shape index (κ1) is 10.8. The van der Waals surface area contributed by atoms with Gasteiger partial charge in [0.25, 0.3) is 0 Å². The van der Waals surface area contributed by atoms with Crippen molar-refractivity contribution in [3.8, 4) is 11.1 Å². The van der Waals surface area contributed by atoms with Gasteiger partial charge in [-0.3, -0.25) is 0 Å². The van der Waals surface area contributed by atoms with Crippen molar-refractivity contribution in [2.45, 2.75) is 6.18 Å². The second-order valence-corrected chi connectivity index (χ2v) is 5.31. The van der Waals surface area contributed by atoms with Gasteiger partial charge in [0.2, 0.25) is 0 Å². The quantitative estimate of drug-likeness (QED) is 0.705. The van der Waals surface area contributed by atoms with Crippen molar-refractivity contribution in [3.05, 3.63) is 44.1 Å². The third kappa shape index (κ3) is 2.45. The molecular formula is C11H7F3Te. The molecule has 15 heavy (non-hydrogen) atoms. The van der Waals surface area contributed by atoms with Gasteiger partial charge in [-0.05, 0) is 0 Å². The van der Waals surface area contributed by atoms with Crippen molar-refractivity contribution >= 4 is 20.4 Å². The monoisotopic (exact) mass is 326 g/mol. The normalized spacial score (nSPS) is 11.7. The van der Waals surface area contributed by atoms with Crippen LogP contribution in [0.2, 0.25) is 0 Å². The molecule has 0 nitrogen and oxygen atoms in total. The van der Waals surface area contributed by atoms with Crippen molar-refractivity contribution in [1.82, 2.24) is 0 Å². The summed E-state index contributed by atoms with van der Waals surface area (Å²) in [5.74, 6) is 0. The first-order chi connectivity index (χ1) is 7.07. The average Bonchev–Trinajstić information content (AvgIpc) is 2.69. The summed E-state index contributed by atoms with van der Waals surface area (Å²) < 4.78 is 41.1. The molecule has 78 valence electrons. The van der Waals surface area contributed by atoms with E-state index in [0.717, 1.165) is 23.3 Å². The molecule has 0 N–H and O–H groups in total. The Morgan fingerprint density at radius 1 is 0.867 bits per heavy atom. The minimum absolute atomic E-state index is 0.179. The topological polar surface area (TPSA) is 0 Å². The van der Waals surface area contributed by atoms with E-state index in [1.807, 2.05) is 6.07 Å². The van der Waals surface area contributed by atoms with E-state index in [-0.39, 0.29) is 20.4 Å². The molecule has 1 heterocycles. The molecule has 0 amide bonds. The Labute approximate surface area is 95.0 Å². The summed E-state index contributed by atoms with van der Waals surface area (Å²) in [5, 5.41) is 0. The van der Waals surface area contributed by atoms with Crippen molar-refractivity contribution in [2.75, 3.05) is 0 Å². The predicted molar refractivity (Wildman–Crippen MR) is 53.8 cm³/mol. The fourth-order valence-corrected chi connectivity index (χ4v) is 3.18. The summed E-state index contributed by atoms with van der Waals surface area (Å²) in [6.07, 6.45) is -4.24. The molecule has 0 saturated carbocycles. The number of rotatable bonds is 1. The van der Waals surface area contributed by atoms with Crippen LogP contribution >= 0.6 is 0 Å². The van der Waals surface area contributed by atoms with Gasteiger partial charge in [-0.2, -0.15) is 0 Å². The van der Waals surface area contributed by atoms with E-state index in [1.54, 1.807) is 0 Å². The van der Waals surface area contributed by atoms with E-state index >= 15 is 0 Å². The number of hydrogen-bond donors (Lipinski definition) is 0. The third-order valence-electron chi connectivity index (χ3n) is 2.07. The van der Waals surface area contributed by atoms with Crippen LogP contribution in [-0.2, 0) is 6.18 Å². The van der Waals surface area contributed by atoms with Crippen LogP contribution in [0, 0.1) is 0 Å². The van der Waals surface area contributed by atoms with Crippen LogP contribution in [0.1, 0.15) is 5.56 Å². The summed E-state index contributed by atoms with van der Waals surface area (Å²) in [6.45, 7) is 0. The fourth-order valence-electron chi connectivity index (χ4n) is 1.28. The molecule has 1 aromatic carbocycles. The SMILES string of the molecule is FC(F)(F)c1ccc(-c2cc[te]c2)cc1. The third-order valence-corrected chi connectivity index (χ3v) is 4.02. The van der Waals surface area contributed by atoms with Crippen LogP contribution in [0.4, 0.5) is 13.2 Å². The molecule has 0 aliphatic heterocycles. The Bertz CT molecular complexity index is 426. The number of halogens is 3. The van der Waals surface area contributed by atoms with Crippen LogP contribution in [0.25, 0.3) is 11.1 Å². The van der Waals surface area contributed by atoms with E-state index < -0.39 is 11.7 Å². The molecule has 0 aliphatic carbocycles. The van der Waals surface area contributed by atoms with Gasteiger partial charge in [-0.15, -0.1) is 0 Å². The Kier molecular flexibility index (Phi) is 2.90. The maximum atomic E-state index is 12.3. The van der Waals surface area contributed by atoms with E-state index in [0.29, 0.717) is 0 Å². The van der Waals surface area contributed by atoms with Crippen molar-refractivity contribution in [1.29, 1.82) is 0 Å². The predicted octanol–water partition coefficient (Wildman–Crippen LogP) is 3.43. The molecule has 0 saturated heterocycles. The Morgan fingerprint density at radius 3 is 2.00 bits per heavy atom. The van der Waals surface area contributed by atoms with Crippen molar-refractivity contribution in [2.24, 2.45) is 0 Å². The van der Waals surface area contributed by atoms with Crippen LogP contribution in [0.3, 0.4) is 0 Å². The van der Waals surface area contributed by atoms with Gasteiger partial charge in [0.1, 0.15) is 0 Å². The van der Waals surface area contributed by atoms with Crippen molar-refractivity contribution < 1.29 is 13.2 Å². The molecule has 4 heteroatoms. The molecule has 0 aliphatic rings. The molecule has 0 unspecified atom stereocenters. The molecule has 0 fully saturated rings. The number of benzene rings is 1. The van der Waals surface area contributed by atoms with Gasteiger partial charge in [-0.1, -0.05) is 0 Å². The van der Waals surface area contributed by atoms with Crippen LogP contribution in [0.15, 0.2) is 38.5 Å². The van der Waals surface area contributed by atoms with Crippen LogP contribution in [-0.4, -0.2) is 20.4 Å². The summed E-state index contributed by atoms with van der Waals surface area (Å²) in [7, 11) is 0. The van der Waals surface area contributed by atoms with E-state index in [2.05, 4.69) is 8.16 Å². The van der Waals surface area contributed by atoms with Crippen LogP contribution < -0.4 is 0 Å². The summed E-state index contributed by atoms with van der Waals surface area (Å²) in [4.78, 5) is 0. The fraction of sp³-hybridized carbons (Fsp3) is 0.0909. The minimum atomic E-state index is -4.24. The molecule has 2 rings (SSSR count). The summed E-state index contributed by atoms with van der Waals surface area (Å²) in [6, 6.07) is 7.28. The molecule has 0 atom stereocenters. The summed E-state index contributed by atoms with van der Waals surface area (Å²) >= 11 is -0.179. The molecule has 1 aromatic heterocycles. The van der Waals surface area contributed by atoms with Gasteiger partial charge in [0.15, 0.2) is 0 Å². The molecular weight excluding hydrogens is 317 g/mol.